The summed E-state index contributed by atoms with van der Waals surface area (Å²) in [7, 11) is 0. The fourth-order valence-electron chi connectivity index (χ4n) is 2.41. The fourth-order valence-corrected chi connectivity index (χ4v) is 3.01. The zero-order chi connectivity index (χ0) is 13.4. The molecule has 2 N–H and O–H groups in total. The van der Waals surface area contributed by atoms with Gasteiger partial charge in [-0.15, -0.1) is 0 Å². The van der Waals surface area contributed by atoms with E-state index in [9.17, 15) is 0 Å². The molecule has 0 bridgehead atoms. The number of anilines is 1. The van der Waals surface area contributed by atoms with Crippen LogP contribution in [-0.4, -0.2) is 9.97 Å². The molecule has 1 heterocycles. The molecule has 0 unspecified atom stereocenters. The lowest BCUT2D eigenvalue weighted by atomic mass is 9.96. The van der Waals surface area contributed by atoms with E-state index in [1.807, 2.05) is 18.2 Å². The van der Waals surface area contributed by atoms with Crippen molar-refractivity contribution in [3.8, 4) is 11.4 Å². The Balaban J connectivity index is 2.15. The Hall–Kier alpha value is -1.13. The van der Waals surface area contributed by atoms with Crippen LogP contribution in [0.1, 0.15) is 24.1 Å². The lowest BCUT2D eigenvalue weighted by molar-refractivity contribution is 0.666. The third kappa shape index (κ3) is 2.47. The van der Waals surface area contributed by atoms with Crippen LogP contribution in [0.15, 0.2) is 22.7 Å². The molecule has 3 nitrogen and oxygen atoms in total. The predicted octanol–water partition coefficient (Wildman–Crippen LogP) is 4.02. The minimum atomic E-state index is 0.603. The second-order valence-electron chi connectivity index (χ2n) is 4.69. The first-order chi connectivity index (χ1) is 9.15. The summed E-state index contributed by atoms with van der Waals surface area (Å²) in [5.41, 5.74) is 9.15. The molecule has 2 aromatic rings. The zero-order valence-corrected chi connectivity index (χ0v) is 12.6. The van der Waals surface area contributed by atoms with Gasteiger partial charge in [0.05, 0.1) is 0 Å². The van der Waals surface area contributed by atoms with Gasteiger partial charge in [0.25, 0.3) is 0 Å². The fraction of sp³-hybridized carbons (Fsp3) is 0.286. The van der Waals surface area contributed by atoms with Crippen molar-refractivity contribution in [2.75, 3.05) is 5.73 Å². The molecule has 0 spiro atoms. The van der Waals surface area contributed by atoms with E-state index in [-0.39, 0.29) is 0 Å². The lowest BCUT2D eigenvalue weighted by Crippen LogP contribution is -2.11. The lowest BCUT2D eigenvalue weighted by Gasteiger charge is -2.17. The molecule has 0 atom stereocenters. The summed E-state index contributed by atoms with van der Waals surface area (Å²) in [5.74, 6) is 1.25. The highest BCUT2D eigenvalue weighted by Gasteiger charge is 2.17. The number of nitrogen functional groups attached to an aromatic ring is 1. The summed E-state index contributed by atoms with van der Waals surface area (Å²) in [6.07, 6.45) is 4.30. The highest BCUT2D eigenvalue weighted by atomic mass is 79.9. The quantitative estimate of drug-likeness (QED) is 0.854. The van der Waals surface area contributed by atoms with Crippen LogP contribution >= 0.6 is 27.5 Å². The first-order valence-electron chi connectivity index (χ1n) is 6.26. The summed E-state index contributed by atoms with van der Waals surface area (Å²) in [6.45, 7) is 0. The highest BCUT2D eigenvalue weighted by Crippen LogP contribution is 2.32. The number of aryl methyl sites for hydroxylation is 1. The number of nitrogens with two attached hydrogens (primary N) is 1. The number of benzene rings is 1. The van der Waals surface area contributed by atoms with Gasteiger partial charge in [0.1, 0.15) is 5.82 Å². The molecule has 0 fully saturated rings. The predicted molar refractivity (Wildman–Crippen MR) is 81.2 cm³/mol. The third-order valence-corrected chi connectivity index (χ3v) is 4.31. The zero-order valence-electron chi connectivity index (χ0n) is 10.3. The molecule has 1 aromatic heterocycles. The number of rotatable bonds is 1. The normalized spacial score (nSPS) is 14.2. The summed E-state index contributed by atoms with van der Waals surface area (Å²) in [6, 6.07) is 5.59. The largest absolute Gasteiger partial charge is 0.383 e. The van der Waals surface area contributed by atoms with Gasteiger partial charge in [-0.3, -0.25) is 0 Å². The molecular weight excluding hydrogens is 326 g/mol. The number of aromatic nitrogens is 2. The minimum Gasteiger partial charge on any atom is -0.383 e. The molecule has 1 aliphatic rings. The van der Waals surface area contributed by atoms with Gasteiger partial charge in [-0.1, -0.05) is 27.5 Å². The van der Waals surface area contributed by atoms with Crippen molar-refractivity contribution < 1.29 is 0 Å². The Morgan fingerprint density at radius 2 is 1.95 bits per heavy atom. The van der Waals surface area contributed by atoms with Gasteiger partial charge in [0.2, 0.25) is 0 Å². The van der Waals surface area contributed by atoms with Crippen molar-refractivity contribution in [3.63, 3.8) is 0 Å². The van der Waals surface area contributed by atoms with E-state index in [1.54, 1.807) is 0 Å². The molecule has 0 amide bonds. The van der Waals surface area contributed by atoms with E-state index in [4.69, 9.17) is 17.3 Å². The summed E-state index contributed by atoms with van der Waals surface area (Å²) < 4.78 is 0.923. The standard InChI is InChI=1S/C14H13BrClN3/c15-11-6-5-8(16)7-10(11)14-18-12-4-2-1-3-9(12)13(17)19-14/h5-7H,1-4H2,(H2,17,18,19). The van der Waals surface area contributed by atoms with Gasteiger partial charge in [-0.2, -0.15) is 0 Å². The Morgan fingerprint density at radius 1 is 1.16 bits per heavy atom. The Labute approximate surface area is 125 Å². The maximum Gasteiger partial charge on any atom is 0.162 e. The first-order valence-corrected chi connectivity index (χ1v) is 7.43. The summed E-state index contributed by atoms with van der Waals surface area (Å²) in [4.78, 5) is 9.10. The maximum atomic E-state index is 6.07. The van der Waals surface area contributed by atoms with Gasteiger partial charge in [0, 0.05) is 26.3 Å². The Morgan fingerprint density at radius 3 is 2.79 bits per heavy atom. The average Bonchev–Trinajstić information content (AvgIpc) is 2.41. The number of hydrogen-bond donors (Lipinski definition) is 1. The van der Waals surface area contributed by atoms with Crippen LogP contribution in [0.5, 0.6) is 0 Å². The van der Waals surface area contributed by atoms with Crippen molar-refractivity contribution in [2.45, 2.75) is 25.7 Å². The smallest absolute Gasteiger partial charge is 0.162 e. The second kappa shape index (κ2) is 5.10. The molecule has 1 aliphatic carbocycles. The van der Waals surface area contributed by atoms with Crippen molar-refractivity contribution in [1.82, 2.24) is 9.97 Å². The Kier molecular flexibility index (Phi) is 3.46. The molecule has 3 rings (SSSR count). The number of halogens is 2. The van der Waals surface area contributed by atoms with E-state index in [1.165, 1.54) is 12.8 Å². The van der Waals surface area contributed by atoms with Gasteiger partial charge >= 0.3 is 0 Å². The van der Waals surface area contributed by atoms with Gasteiger partial charge < -0.3 is 5.73 Å². The summed E-state index contributed by atoms with van der Waals surface area (Å²) >= 11 is 9.55. The SMILES string of the molecule is Nc1nc(-c2cc(Cl)ccc2Br)nc2c1CCCC2. The van der Waals surface area contributed by atoms with E-state index in [0.29, 0.717) is 16.7 Å². The minimum absolute atomic E-state index is 0.603. The van der Waals surface area contributed by atoms with E-state index < -0.39 is 0 Å². The van der Waals surface area contributed by atoms with Crippen LogP contribution in [0.2, 0.25) is 5.02 Å². The second-order valence-corrected chi connectivity index (χ2v) is 5.98. The molecular formula is C14H13BrClN3. The molecule has 98 valence electrons. The number of hydrogen-bond acceptors (Lipinski definition) is 3. The van der Waals surface area contributed by atoms with Crippen LogP contribution in [0.25, 0.3) is 11.4 Å². The van der Waals surface area contributed by atoms with E-state index >= 15 is 0 Å². The van der Waals surface area contributed by atoms with Crippen LogP contribution in [0, 0.1) is 0 Å². The third-order valence-electron chi connectivity index (χ3n) is 3.38. The van der Waals surface area contributed by atoms with Crippen molar-refractivity contribution in [3.05, 3.63) is 39.0 Å². The topological polar surface area (TPSA) is 51.8 Å². The first kappa shape index (κ1) is 12.9. The van der Waals surface area contributed by atoms with Gasteiger partial charge in [0.15, 0.2) is 5.82 Å². The van der Waals surface area contributed by atoms with E-state index in [0.717, 1.165) is 34.1 Å². The van der Waals surface area contributed by atoms with Gasteiger partial charge in [-0.05, 0) is 43.9 Å². The van der Waals surface area contributed by atoms with Crippen molar-refractivity contribution in [2.24, 2.45) is 0 Å². The molecule has 19 heavy (non-hydrogen) atoms. The molecule has 0 radical (unpaired) electrons. The van der Waals surface area contributed by atoms with Crippen molar-refractivity contribution >= 4 is 33.3 Å². The molecule has 0 aliphatic heterocycles. The summed E-state index contributed by atoms with van der Waals surface area (Å²) in [5, 5.41) is 0.665. The Bertz CT molecular complexity index is 643. The van der Waals surface area contributed by atoms with Crippen molar-refractivity contribution in [1.29, 1.82) is 0 Å². The highest BCUT2D eigenvalue weighted by molar-refractivity contribution is 9.10. The monoisotopic (exact) mass is 337 g/mol. The number of fused-ring (bicyclic) bond motifs is 1. The van der Waals surface area contributed by atoms with Crippen LogP contribution in [0.4, 0.5) is 5.82 Å². The maximum absolute atomic E-state index is 6.07. The van der Waals surface area contributed by atoms with Gasteiger partial charge in [-0.25, -0.2) is 9.97 Å². The van der Waals surface area contributed by atoms with E-state index in [2.05, 4.69) is 25.9 Å². The molecule has 0 saturated heterocycles. The molecule has 5 heteroatoms. The number of nitrogens with zero attached hydrogens (tertiary/aromatic N) is 2. The van der Waals surface area contributed by atoms with Crippen LogP contribution in [0.3, 0.4) is 0 Å². The average molecular weight is 339 g/mol. The van der Waals surface area contributed by atoms with Crippen LogP contribution < -0.4 is 5.73 Å². The molecule has 0 saturated carbocycles. The molecule has 1 aromatic carbocycles. The van der Waals surface area contributed by atoms with Crippen LogP contribution in [-0.2, 0) is 12.8 Å².